The van der Waals surface area contributed by atoms with Gasteiger partial charge in [-0.25, -0.2) is 0 Å². The Hall–Kier alpha value is -0.170. The molecule has 0 bridgehead atoms. The summed E-state index contributed by atoms with van der Waals surface area (Å²) in [4.78, 5) is 0. The van der Waals surface area contributed by atoms with Crippen molar-refractivity contribution in [3.05, 3.63) is 23.8 Å². The third kappa shape index (κ3) is 1.90. The summed E-state index contributed by atoms with van der Waals surface area (Å²) < 4.78 is 0. The molecule has 0 heterocycles. The first-order chi connectivity index (χ1) is 4.33. The third-order valence-corrected chi connectivity index (χ3v) is 2.05. The van der Waals surface area contributed by atoms with Crippen LogP contribution in [0, 0.1) is 5.92 Å². The lowest BCUT2D eigenvalue weighted by Gasteiger charge is -2.12. The van der Waals surface area contributed by atoms with Gasteiger partial charge in [-0.3, -0.25) is 0 Å². The van der Waals surface area contributed by atoms with E-state index in [9.17, 15) is 0 Å². The zero-order valence-electron chi connectivity index (χ0n) is 5.67. The Morgan fingerprint density at radius 1 is 1.78 bits per heavy atom. The SMILES string of the molecule is CC1=CC=CC(CS)C1. The van der Waals surface area contributed by atoms with Crippen molar-refractivity contribution in [3.8, 4) is 0 Å². The van der Waals surface area contributed by atoms with Crippen molar-refractivity contribution < 1.29 is 0 Å². The van der Waals surface area contributed by atoms with Gasteiger partial charge in [-0.15, -0.1) is 0 Å². The van der Waals surface area contributed by atoms with Gasteiger partial charge in [-0.1, -0.05) is 23.8 Å². The Labute approximate surface area is 62.1 Å². The van der Waals surface area contributed by atoms with Crippen molar-refractivity contribution in [2.75, 3.05) is 5.75 Å². The van der Waals surface area contributed by atoms with Gasteiger partial charge in [0.25, 0.3) is 0 Å². The van der Waals surface area contributed by atoms with Gasteiger partial charge in [-0.2, -0.15) is 12.6 Å². The predicted molar refractivity (Wildman–Crippen MR) is 44.9 cm³/mol. The average molecular weight is 140 g/mol. The van der Waals surface area contributed by atoms with E-state index in [1.54, 1.807) is 0 Å². The van der Waals surface area contributed by atoms with E-state index in [1.807, 2.05) is 0 Å². The van der Waals surface area contributed by atoms with E-state index in [0.29, 0.717) is 5.92 Å². The van der Waals surface area contributed by atoms with E-state index in [0.717, 1.165) is 5.75 Å². The van der Waals surface area contributed by atoms with Crippen molar-refractivity contribution in [3.63, 3.8) is 0 Å². The molecular formula is C8H12S. The summed E-state index contributed by atoms with van der Waals surface area (Å²) in [7, 11) is 0. The molecule has 1 atom stereocenters. The van der Waals surface area contributed by atoms with E-state index < -0.39 is 0 Å². The summed E-state index contributed by atoms with van der Waals surface area (Å²) in [6, 6.07) is 0. The van der Waals surface area contributed by atoms with E-state index in [-0.39, 0.29) is 0 Å². The van der Waals surface area contributed by atoms with E-state index in [1.165, 1.54) is 12.0 Å². The lowest BCUT2D eigenvalue weighted by Crippen LogP contribution is -2.01. The standard InChI is InChI=1S/C8H12S/c1-7-3-2-4-8(5-7)6-9/h2-4,8-9H,5-6H2,1H3. The predicted octanol–water partition coefficient (Wildman–Crippen LogP) is 2.44. The molecule has 0 saturated carbocycles. The van der Waals surface area contributed by atoms with Crippen molar-refractivity contribution >= 4 is 12.6 Å². The maximum absolute atomic E-state index is 4.23. The molecule has 0 radical (unpaired) electrons. The molecule has 0 fully saturated rings. The summed E-state index contributed by atoms with van der Waals surface area (Å²) in [5.74, 6) is 1.65. The second-order valence-electron chi connectivity index (χ2n) is 2.54. The molecule has 1 aliphatic carbocycles. The van der Waals surface area contributed by atoms with Crippen LogP contribution in [0.3, 0.4) is 0 Å². The van der Waals surface area contributed by atoms with E-state index in [2.05, 4.69) is 37.8 Å². The van der Waals surface area contributed by atoms with Crippen LogP contribution in [0.1, 0.15) is 13.3 Å². The van der Waals surface area contributed by atoms with Gasteiger partial charge in [0.1, 0.15) is 0 Å². The monoisotopic (exact) mass is 140 g/mol. The topological polar surface area (TPSA) is 0 Å². The highest BCUT2D eigenvalue weighted by atomic mass is 32.1. The van der Waals surface area contributed by atoms with Crippen LogP contribution in [-0.2, 0) is 0 Å². The average Bonchev–Trinajstić information content (AvgIpc) is 1.88. The minimum absolute atomic E-state index is 0.679. The number of rotatable bonds is 1. The van der Waals surface area contributed by atoms with Crippen LogP contribution in [0.2, 0.25) is 0 Å². The van der Waals surface area contributed by atoms with Gasteiger partial charge in [0.15, 0.2) is 0 Å². The van der Waals surface area contributed by atoms with Crippen molar-refractivity contribution in [2.45, 2.75) is 13.3 Å². The fraction of sp³-hybridized carbons (Fsp3) is 0.500. The Morgan fingerprint density at radius 3 is 3.00 bits per heavy atom. The normalized spacial score (nSPS) is 26.0. The van der Waals surface area contributed by atoms with Gasteiger partial charge in [-0.05, 0) is 25.0 Å². The second-order valence-corrected chi connectivity index (χ2v) is 2.91. The number of hydrogen-bond acceptors (Lipinski definition) is 1. The lowest BCUT2D eigenvalue weighted by atomic mass is 9.97. The molecule has 0 nitrogen and oxygen atoms in total. The molecule has 1 unspecified atom stereocenters. The molecule has 0 N–H and O–H groups in total. The van der Waals surface area contributed by atoms with Crippen molar-refractivity contribution in [2.24, 2.45) is 5.92 Å². The number of thiol groups is 1. The van der Waals surface area contributed by atoms with Crippen LogP contribution in [0.4, 0.5) is 0 Å². The Morgan fingerprint density at radius 2 is 2.56 bits per heavy atom. The Kier molecular flexibility index (Phi) is 2.40. The van der Waals surface area contributed by atoms with Crippen LogP contribution in [0.15, 0.2) is 23.8 Å². The summed E-state index contributed by atoms with van der Waals surface area (Å²) in [6.07, 6.45) is 7.71. The van der Waals surface area contributed by atoms with Crippen LogP contribution in [0.25, 0.3) is 0 Å². The first-order valence-electron chi connectivity index (χ1n) is 3.27. The molecule has 0 aromatic rings. The zero-order valence-corrected chi connectivity index (χ0v) is 6.57. The van der Waals surface area contributed by atoms with Gasteiger partial charge in [0, 0.05) is 0 Å². The minimum Gasteiger partial charge on any atom is -0.179 e. The quantitative estimate of drug-likeness (QED) is 0.531. The van der Waals surface area contributed by atoms with Gasteiger partial charge in [0.05, 0.1) is 0 Å². The zero-order chi connectivity index (χ0) is 6.69. The smallest absolute Gasteiger partial charge is 0.00316 e. The van der Waals surface area contributed by atoms with Crippen LogP contribution in [-0.4, -0.2) is 5.75 Å². The van der Waals surface area contributed by atoms with Crippen LogP contribution < -0.4 is 0 Å². The molecule has 9 heavy (non-hydrogen) atoms. The van der Waals surface area contributed by atoms with Gasteiger partial charge < -0.3 is 0 Å². The maximum Gasteiger partial charge on any atom is -0.00316 e. The molecule has 1 rings (SSSR count). The fourth-order valence-electron chi connectivity index (χ4n) is 1.05. The largest absolute Gasteiger partial charge is 0.179 e. The highest BCUT2D eigenvalue weighted by molar-refractivity contribution is 7.80. The molecular weight excluding hydrogens is 128 g/mol. The lowest BCUT2D eigenvalue weighted by molar-refractivity contribution is 0.721. The van der Waals surface area contributed by atoms with Crippen LogP contribution in [0.5, 0.6) is 0 Å². The molecule has 0 spiro atoms. The molecule has 0 aromatic carbocycles. The molecule has 50 valence electrons. The summed E-state index contributed by atoms with van der Waals surface area (Å²) in [5.41, 5.74) is 1.47. The van der Waals surface area contributed by atoms with E-state index in [4.69, 9.17) is 0 Å². The van der Waals surface area contributed by atoms with Crippen molar-refractivity contribution in [1.82, 2.24) is 0 Å². The number of allylic oxidation sites excluding steroid dienone is 4. The Bertz CT molecular complexity index is 145. The summed E-state index contributed by atoms with van der Waals surface area (Å²) >= 11 is 4.23. The maximum atomic E-state index is 4.23. The molecule has 1 heteroatoms. The Balaban J connectivity index is 2.51. The first kappa shape index (κ1) is 6.94. The van der Waals surface area contributed by atoms with Gasteiger partial charge >= 0.3 is 0 Å². The first-order valence-corrected chi connectivity index (χ1v) is 3.91. The fourth-order valence-corrected chi connectivity index (χ4v) is 1.30. The van der Waals surface area contributed by atoms with Crippen LogP contribution >= 0.6 is 12.6 Å². The molecule has 0 aromatic heterocycles. The van der Waals surface area contributed by atoms with Crippen molar-refractivity contribution in [1.29, 1.82) is 0 Å². The van der Waals surface area contributed by atoms with E-state index >= 15 is 0 Å². The third-order valence-electron chi connectivity index (χ3n) is 1.58. The minimum atomic E-state index is 0.679. The van der Waals surface area contributed by atoms with Gasteiger partial charge in [0.2, 0.25) is 0 Å². The molecule has 0 amide bonds. The highest BCUT2D eigenvalue weighted by Gasteiger charge is 2.04. The summed E-state index contributed by atoms with van der Waals surface area (Å²) in [6.45, 7) is 2.17. The summed E-state index contributed by atoms with van der Waals surface area (Å²) in [5, 5.41) is 0. The number of hydrogen-bond donors (Lipinski definition) is 1. The highest BCUT2D eigenvalue weighted by Crippen LogP contribution is 2.18. The second kappa shape index (κ2) is 3.11. The molecule has 0 aliphatic heterocycles. The molecule has 1 aliphatic rings. The molecule has 0 saturated heterocycles.